The number of nitrogens with zero attached hydrogens (tertiary/aromatic N) is 2. The maximum atomic E-state index is 5.69. The van der Waals surface area contributed by atoms with Gasteiger partial charge in [0.25, 0.3) is 0 Å². The topological polar surface area (TPSA) is 42.4 Å². The first kappa shape index (κ1) is 12.5. The van der Waals surface area contributed by atoms with Gasteiger partial charge in [-0.2, -0.15) is 0 Å². The fourth-order valence-electron chi connectivity index (χ4n) is 2.63. The first-order valence-electron chi connectivity index (χ1n) is 6.93. The Kier molecular flexibility index (Phi) is 3.42. The monoisotopic (exact) mass is 260 g/mol. The molecule has 0 aromatic carbocycles. The summed E-state index contributed by atoms with van der Waals surface area (Å²) in [6, 6.07) is 4.13. The van der Waals surface area contributed by atoms with Crippen LogP contribution in [0.4, 0.5) is 0 Å². The zero-order valence-electron chi connectivity index (χ0n) is 11.6. The Hall–Kier alpha value is -1.55. The van der Waals surface area contributed by atoms with Crippen molar-refractivity contribution >= 4 is 0 Å². The smallest absolute Gasteiger partial charge is 0.128 e. The Bertz CT molecular complexity index is 544. The molecule has 0 radical (unpaired) electrons. The highest BCUT2D eigenvalue weighted by Crippen LogP contribution is 2.23. The van der Waals surface area contributed by atoms with E-state index in [0.29, 0.717) is 5.92 Å². The lowest BCUT2D eigenvalue weighted by Crippen LogP contribution is -2.31. The molecule has 2 aromatic rings. The van der Waals surface area contributed by atoms with Crippen LogP contribution >= 0.6 is 0 Å². The maximum absolute atomic E-state index is 5.69. The van der Waals surface area contributed by atoms with Gasteiger partial charge in [-0.15, -0.1) is 0 Å². The molecule has 1 unspecified atom stereocenters. The fraction of sp³-hybridized carbons (Fsp3) is 0.533. The van der Waals surface area contributed by atoms with Crippen molar-refractivity contribution in [2.45, 2.75) is 39.2 Å². The minimum absolute atomic E-state index is 0.470. The quantitative estimate of drug-likeness (QED) is 0.847. The molecule has 0 fully saturated rings. The summed E-state index contributed by atoms with van der Waals surface area (Å²) in [7, 11) is 0. The average molecular weight is 260 g/mol. The van der Waals surface area contributed by atoms with Gasteiger partial charge < -0.3 is 8.94 Å². The van der Waals surface area contributed by atoms with Crippen LogP contribution < -0.4 is 0 Å². The lowest BCUT2D eigenvalue weighted by atomic mass is 10.0. The highest BCUT2D eigenvalue weighted by atomic mass is 16.5. The van der Waals surface area contributed by atoms with Crippen LogP contribution in [0.2, 0.25) is 0 Å². The predicted molar refractivity (Wildman–Crippen MR) is 72.0 cm³/mol. The van der Waals surface area contributed by atoms with E-state index in [-0.39, 0.29) is 0 Å². The minimum Gasteiger partial charge on any atom is -0.466 e. The zero-order chi connectivity index (χ0) is 13.2. The van der Waals surface area contributed by atoms with Crippen molar-refractivity contribution < 1.29 is 8.94 Å². The first-order chi connectivity index (χ1) is 9.22. The number of hydrogen-bond acceptors (Lipinski definition) is 4. The number of furan rings is 1. The van der Waals surface area contributed by atoms with Crippen LogP contribution in [0.1, 0.15) is 42.0 Å². The molecule has 0 saturated carbocycles. The summed E-state index contributed by atoms with van der Waals surface area (Å²) in [4.78, 5) is 2.46. The van der Waals surface area contributed by atoms with Crippen LogP contribution in [0.15, 0.2) is 27.3 Å². The van der Waals surface area contributed by atoms with E-state index >= 15 is 0 Å². The third kappa shape index (κ3) is 2.73. The Morgan fingerprint density at radius 2 is 2.32 bits per heavy atom. The number of aryl methyl sites for hydroxylation is 1. The minimum atomic E-state index is 0.470. The van der Waals surface area contributed by atoms with Crippen molar-refractivity contribution in [1.29, 1.82) is 0 Å². The van der Waals surface area contributed by atoms with Gasteiger partial charge in [-0.05, 0) is 32.0 Å². The van der Waals surface area contributed by atoms with Crippen molar-refractivity contribution in [1.82, 2.24) is 10.1 Å². The lowest BCUT2D eigenvalue weighted by molar-refractivity contribution is 0.241. The van der Waals surface area contributed by atoms with Gasteiger partial charge in [0.2, 0.25) is 0 Å². The molecule has 2 aromatic heterocycles. The predicted octanol–water partition coefficient (Wildman–Crippen LogP) is 3.13. The van der Waals surface area contributed by atoms with E-state index in [1.165, 1.54) is 5.56 Å². The Labute approximate surface area is 113 Å². The third-order valence-corrected chi connectivity index (χ3v) is 3.91. The molecule has 4 heteroatoms. The molecule has 0 N–H and O–H groups in total. The second kappa shape index (κ2) is 5.21. The van der Waals surface area contributed by atoms with E-state index in [2.05, 4.69) is 23.0 Å². The molecule has 102 valence electrons. The number of hydrogen-bond donors (Lipinski definition) is 0. The second-order valence-electron chi connectivity index (χ2n) is 5.45. The molecule has 0 bridgehead atoms. The van der Waals surface area contributed by atoms with Gasteiger partial charge >= 0.3 is 0 Å². The SMILES string of the molecule is Cc1ccc(C(C)CCN2CCc3nocc3C2)o1. The van der Waals surface area contributed by atoms with Crippen molar-refractivity contribution in [2.24, 2.45) is 0 Å². The number of fused-ring (bicyclic) bond motifs is 1. The van der Waals surface area contributed by atoms with Crippen LogP contribution in [-0.2, 0) is 13.0 Å². The van der Waals surface area contributed by atoms with Crippen LogP contribution in [0.25, 0.3) is 0 Å². The maximum Gasteiger partial charge on any atom is 0.128 e. The standard InChI is InChI=1S/C15H20N2O2/c1-11(15-4-3-12(2)19-15)5-7-17-8-6-14-13(9-17)10-18-16-14/h3-4,10-11H,5-9H2,1-2H3. The van der Waals surface area contributed by atoms with E-state index in [9.17, 15) is 0 Å². The summed E-state index contributed by atoms with van der Waals surface area (Å²) in [5.74, 6) is 2.56. The zero-order valence-corrected chi connectivity index (χ0v) is 11.6. The van der Waals surface area contributed by atoms with Gasteiger partial charge in [0, 0.05) is 31.0 Å². The number of aromatic nitrogens is 1. The summed E-state index contributed by atoms with van der Waals surface area (Å²) in [5.41, 5.74) is 2.37. The van der Waals surface area contributed by atoms with E-state index in [1.807, 2.05) is 13.0 Å². The van der Waals surface area contributed by atoms with Crippen molar-refractivity contribution in [3.63, 3.8) is 0 Å². The molecule has 1 aliphatic rings. The molecule has 0 amide bonds. The Balaban J connectivity index is 1.53. The van der Waals surface area contributed by atoms with Crippen molar-refractivity contribution in [3.8, 4) is 0 Å². The molecule has 1 aliphatic heterocycles. The molecule has 4 nitrogen and oxygen atoms in total. The fourth-order valence-corrected chi connectivity index (χ4v) is 2.63. The van der Waals surface area contributed by atoms with Crippen LogP contribution in [0, 0.1) is 6.92 Å². The molecule has 3 heterocycles. The molecule has 19 heavy (non-hydrogen) atoms. The largest absolute Gasteiger partial charge is 0.466 e. The Morgan fingerprint density at radius 1 is 1.42 bits per heavy atom. The molecular weight excluding hydrogens is 240 g/mol. The third-order valence-electron chi connectivity index (χ3n) is 3.91. The van der Waals surface area contributed by atoms with E-state index in [0.717, 1.165) is 49.7 Å². The molecular formula is C15H20N2O2. The second-order valence-corrected chi connectivity index (χ2v) is 5.45. The van der Waals surface area contributed by atoms with Crippen molar-refractivity contribution in [2.75, 3.05) is 13.1 Å². The van der Waals surface area contributed by atoms with Crippen LogP contribution in [0.5, 0.6) is 0 Å². The van der Waals surface area contributed by atoms with Gasteiger partial charge in [-0.3, -0.25) is 4.90 Å². The van der Waals surface area contributed by atoms with Gasteiger partial charge in [-0.25, -0.2) is 0 Å². The highest BCUT2D eigenvalue weighted by Gasteiger charge is 2.20. The summed E-state index contributed by atoms with van der Waals surface area (Å²) in [6.07, 6.45) is 3.90. The van der Waals surface area contributed by atoms with Gasteiger partial charge in [-0.1, -0.05) is 12.1 Å². The summed E-state index contributed by atoms with van der Waals surface area (Å²) in [5, 5.41) is 4.02. The molecule has 0 aliphatic carbocycles. The summed E-state index contributed by atoms with van der Waals surface area (Å²) >= 11 is 0. The molecule has 1 atom stereocenters. The summed E-state index contributed by atoms with van der Waals surface area (Å²) in [6.45, 7) is 7.35. The molecule has 0 saturated heterocycles. The number of rotatable bonds is 4. The molecule has 0 spiro atoms. The van der Waals surface area contributed by atoms with Gasteiger partial charge in [0.15, 0.2) is 0 Å². The lowest BCUT2D eigenvalue weighted by Gasteiger charge is -2.26. The summed E-state index contributed by atoms with van der Waals surface area (Å²) < 4.78 is 10.7. The average Bonchev–Trinajstić information content (AvgIpc) is 3.03. The van der Waals surface area contributed by atoms with Crippen LogP contribution in [-0.4, -0.2) is 23.1 Å². The molecule has 3 rings (SSSR count). The van der Waals surface area contributed by atoms with E-state index in [1.54, 1.807) is 6.26 Å². The van der Waals surface area contributed by atoms with Crippen LogP contribution in [0.3, 0.4) is 0 Å². The van der Waals surface area contributed by atoms with Gasteiger partial charge in [0.05, 0.1) is 5.69 Å². The van der Waals surface area contributed by atoms with Crippen molar-refractivity contribution in [3.05, 3.63) is 41.2 Å². The van der Waals surface area contributed by atoms with E-state index < -0.39 is 0 Å². The normalized spacial score (nSPS) is 17.4. The first-order valence-corrected chi connectivity index (χ1v) is 6.93. The Morgan fingerprint density at radius 3 is 3.11 bits per heavy atom. The highest BCUT2D eigenvalue weighted by molar-refractivity contribution is 5.17. The van der Waals surface area contributed by atoms with Gasteiger partial charge in [0.1, 0.15) is 17.8 Å². The van der Waals surface area contributed by atoms with E-state index in [4.69, 9.17) is 8.94 Å².